The molecule has 0 N–H and O–H groups in total. The van der Waals surface area contributed by atoms with Crippen LogP contribution < -0.4 is 14.2 Å². The number of aryl methyl sites for hydroxylation is 2. The topological polar surface area (TPSA) is 123 Å². The Hall–Kier alpha value is -4.22. The first-order valence-electron chi connectivity index (χ1n) is 9.82. The number of carbonyl (C=O) groups is 1. The number of benzene rings is 2. The fourth-order valence-corrected chi connectivity index (χ4v) is 3.06. The summed E-state index contributed by atoms with van der Waals surface area (Å²) in [5.74, 6) is -0.702. The van der Waals surface area contributed by atoms with E-state index in [1.165, 1.54) is 13.2 Å². The van der Waals surface area contributed by atoms with Crippen molar-refractivity contribution >= 4 is 11.7 Å². The zero-order valence-corrected chi connectivity index (χ0v) is 18.4. The number of methoxy groups -OCH3 is 1. The van der Waals surface area contributed by atoms with Crippen LogP contribution in [0, 0.1) is 24.0 Å². The lowest BCUT2D eigenvalue weighted by molar-refractivity contribution is -0.386. The third-order valence-electron chi connectivity index (χ3n) is 4.80. The summed E-state index contributed by atoms with van der Waals surface area (Å²) in [5, 5.41) is 15.3. The largest absolute Gasteiger partial charge is 0.493 e. The molecule has 34 heavy (non-hydrogen) atoms. The van der Waals surface area contributed by atoms with Crippen molar-refractivity contribution in [1.82, 2.24) is 5.16 Å². The van der Waals surface area contributed by atoms with E-state index in [4.69, 9.17) is 18.7 Å². The lowest BCUT2D eigenvalue weighted by atomic mass is 10.1. The predicted molar refractivity (Wildman–Crippen MR) is 112 cm³/mol. The first kappa shape index (κ1) is 24.4. The Balaban J connectivity index is 1.79. The summed E-state index contributed by atoms with van der Waals surface area (Å²) in [6, 6.07) is 8.19. The van der Waals surface area contributed by atoms with Crippen molar-refractivity contribution in [2.75, 3.05) is 7.11 Å². The first-order valence-corrected chi connectivity index (χ1v) is 9.82. The molecule has 0 saturated carbocycles. The van der Waals surface area contributed by atoms with Crippen molar-refractivity contribution in [2.24, 2.45) is 0 Å². The predicted octanol–water partition coefficient (Wildman–Crippen LogP) is 4.75. The maximum atomic E-state index is 12.7. The standard InChI is InChI=1S/C22H20F2N2O8/c1-12-16(13(2)34-25-12)11-31-18-7-5-4-6-15(18)21(27)32-10-14-8-19(30-3)20(33-22(23)24)9-17(14)26(28)29/h4-9,22H,10-11H2,1-3H3. The van der Waals surface area contributed by atoms with Crippen molar-refractivity contribution in [1.29, 1.82) is 0 Å². The van der Waals surface area contributed by atoms with Gasteiger partial charge in [0.1, 0.15) is 30.3 Å². The highest BCUT2D eigenvalue weighted by Crippen LogP contribution is 2.36. The summed E-state index contributed by atoms with van der Waals surface area (Å²) < 4.78 is 50.5. The number of nitro groups is 1. The number of aromatic nitrogens is 1. The van der Waals surface area contributed by atoms with Crippen molar-refractivity contribution < 1.29 is 42.0 Å². The maximum absolute atomic E-state index is 12.7. The number of nitro benzene ring substituents is 1. The van der Waals surface area contributed by atoms with Gasteiger partial charge in [-0.2, -0.15) is 8.78 Å². The SMILES string of the molecule is COc1cc(COC(=O)c2ccccc2OCc2c(C)noc2C)c([N+](=O)[O-])cc1OC(F)F. The van der Waals surface area contributed by atoms with Gasteiger partial charge >= 0.3 is 12.6 Å². The third-order valence-corrected chi connectivity index (χ3v) is 4.80. The molecular formula is C22H20F2N2O8. The molecule has 0 aliphatic rings. The van der Waals surface area contributed by atoms with Crippen LogP contribution in [0.4, 0.5) is 14.5 Å². The van der Waals surface area contributed by atoms with Crippen LogP contribution >= 0.6 is 0 Å². The number of esters is 1. The van der Waals surface area contributed by atoms with E-state index in [0.717, 1.165) is 17.7 Å². The van der Waals surface area contributed by atoms with E-state index >= 15 is 0 Å². The summed E-state index contributed by atoms with van der Waals surface area (Å²) in [5.41, 5.74) is 0.815. The number of hydrogen-bond donors (Lipinski definition) is 0. The van der Waals surface area contributed by atoms with Crippen molar-refractivity contribution in [2.45, 2.75) is 33.7 Å². The monoisotopic (exact) mass is 478 g/mol. The Labute approximate surface area is 192 Å². The van der Waals surface area contributed by atoms with Gasteiger partial charge in [-0.05, 0) is 32.0 Å². The van der Waals surface area contributed by atoms with Crippen LogP contribution in [0.2, 0.25) is 0 Å². The minimum Gasteiger partial charge on any atom is -0.493 e. The molecule has 0 aliphatic heterocycles. The summed E-state index contributed by atoms with van der Waals surface area (Å²) >= 11 is 0. The molecule has 3 rings (SSSR count). The van der Waals surface area contributed by atoms with Gasteiger partial charge in [0.25, 0.3) is 5.69 Å². The average molecular weight is 478 g/mol. The highest BCUT2D eigenvalue weighted by atomic mass is 19.3. The van der Waals surface area contributed by atoms with E-state index in [9.17, 15) is 23.7 Å². The summed E-state index contributed by atoms with van der Waals surface area (Å²) in [4.78, 5) is 23.3. The fraction of sp³-hybridized carbons (Fsp3) is 0.273. The van der Waals surface area contributed by atoms with Gasteiger partial charge in [0.2, 0.25) is 0 Å². The first-order chi connectivity index (χ1) is 16.2. The van der Waals surface area contributed by atoms with Crippen LogP contribution in [0.1, 0.15) is 32.9 Å². The molecule has 0 unspecified atom stereocenters. The number of para-hydroxylation sites is 1. The zero-order valence-electron chi connectivity index (χ0n) is 18.4. The Kier molecular flexibility index (Phi) is 7.61. The van der Waals surface area contributed by atoms with Gasteiger partial charge in [0, 0.05) is 0 Å². The average Bonchev–Trinajstić information content (AvgIpc) is 3.13. The van der Waals surface area contributed by atoms with Crippen molar-refractivity contribution in [3.8, 4) is 17.2 Å². The molecule has 0 fully saturated rings. The van der Waals surface area contributed by atoms with Gasteiger partial charge in [-0.25, -0.2) is 4.79 Å². The van der Waals surface area contributed by atoms with Gasteiger partial charge in [0.15, 0.2) is 11.5 Å². The molecule has 1 aromatic heterocycles. The van der Waals surface area contributed by atoms with Gasteiger partial charge < -0.3 is 23.5 Å². The summed E-state index contributed by atoms with van der Waals surface area (Å²) in [7, 11) is 1.18. The Bertz CT molecular complexity index is 1180. The second kappa shape index (κ2) is 10.6. The van der Waals surface area contributed by atoms with Crippen LogP contribution in [0.5, 0.6) is 17.2 Å². The molecule has 0 radical (unpaired) electrons. The molecule has 12 heteroatoms. The molecule has 2 aromatic carbocycles. The number of halogens is 2. The molecule has 0 bridgehead atoms. The van der Waals surface area contributed by atoms with Gasteiger partial charge in [-0.1, -0.05) is 17.3 Å². The molecular weight excluding hydrogens is 458 g/mol. The van der Waals surface area contributed by atoms with E-state index in [0.29, 0.717) is 11.5 Å². The molecule has 0 amide bonds. The van der Waals surface area contributed by atoms with Crippen LogP contribution in [0.15, 0.2) is 40.9 Å². The molecule has 0 spiro atoms. The minimum atomic E-state index is -3.21. The minimum absolute atomic E-state index is 0.0778. The number of ether oxygens (including phenoxy) is 4. The van der Waals surface area contributed by atoms with Crippen molar-refractivity contribution in [3.63, 3.8) is 0 Å². The molecule has 0 aliphatic carbocycles. The summed E-state index contributed by atoms with van der Waals surface area (Å²) in [6.45, 7) is -0.149. The Morgan fingerprint density at radius 2 is 1.88 bits per heavy atom. The van der Waals surface area contributed by atoms with Crippen LogP contribution in [0.3, 0.4) is 0 Å². The van der Waals surface area contributed by atoms with E-state index in [1.54, 1.807) is 32.0 Å². The van der Waals surface area contributed by atoms with Gasteiger partial charge in [-0.3, -0.25) is 10.1 Å². The number of rotatable bonds is 10. The van der Waals surface area contributed by atoms with Crippen LogP contribution in [0.25, 0.3) is 0 Å². The molecule has 3 aromatic rings. The lowest BCUT2D eigenvalue weighted by Crippen LogP contribution is -2.10. The summed E-state index contributed by atoms with van der Waals surface area (Å²) in [6.07, 6.45) is 0. The van der Waals surface area contributed by atoms with Crippen molar-refractivity contribution in [3.05, 3.63) is 74.7 Å². The van der Waals surface area contributed by atoms with Crippen LogP contribution in [-0.2, 0) is 18.0 Å². The number of nitrogens with zero attached hydrogens (tertiary/aromatic N) is 2. The van der Waals surface area contributed by atoms with Gasteiger partial charge in [-0.15, -0.1) is 0 Å². The van der Waals surface area contributed by atoms with Crippen LogP contribution in [-0.4, -0.2) is 29.8 Å². The maximum Gasteiger partial charge on any atom is 0.387 e. The second-order valence-corrected chi connectivity index (χ2v) is 6.93. The smallest absolute Gasteiger partial charge is 0.387 e. The molecule has 0 atom stereocenters. The van der Waals surface area contributed by atoms with Gasteiger partial charge in [0.05, 0.1) is 34.9 Å². The highest BCUT2D eigenvalue weighted by Gasteiger charge is 2.24. The molecule has 10 nitrogen and oxygen atoms in total. The quantitative estimate of drug-likeness (QED) is 0.231. The molecule has 1 heterocycles. The van der Waals surface area contributed by atoms with E-state index < -0.39 is 35.5 Å². The molecule has 180 valence electrons. The van der Waals surface area contributed by atoms with E-state index in [-0.39, 0.29) is 29.2 Å². The third kappa shape index (κ3) is 5.57. The number of carbonyl (C=O) groups excluding carboxylic acids is 1. The highest BCUT2D eigenvalue weighted by molar-refractivity contribution is 5.92. The molecule has 0 saturated heterocycles. The fourth-order valence-electron chi connectivity index (χ4n) is 3.06. The lowest BCUT2D eigenvalue weighted by Gasteiger charge is -2.13. The van der Waals surface area contributed by atoms with E-state index in [2.05, 4.69) is 9.89 Å². The zero-order chi connectivity index (χ0) is 24.8. The Morgan fingerprint density at radius 1 is 1.15 bits per heavy atom. The Morgan fingerprint density at radius 3 is 2.50 bits per heavy atom. The second-order valence-electron chi connectivity index (χ2n) is 6.93. The normalized spacial score (nSPS) is 10.8. The number of hydrogen-bond acceptors (Lipinski definition) is 9. The van der Waals surface area contributed by atoms with E-state index in [1.807, 2.05) is 0 Å². The number of alkyl halides is 2.